The minimum absolute atomic E-state index is 0.203. The van der Waals surface area contributed by atoms with E-state index in [9.17, 15) is 9.59 Å². The largest absolute Gasteiger partial charge is 0.457 e. The molecular weight excluding hydrogens is 336 g/mol. The van der Waals surface area contributed by atoms with Crippen LogP contribution in [-0.4, -0.2) is 18.4 Å². The average Bonchev–Trinajstić information content (AvgIpc) is 2.74. The van der Waals surface area contributed by atoms with Crippen LogP contribution in [0.25, 0.3) is 0 Å². The number of carbonyl (C=O) groups excluding carboxylic acids is 2. The first kappa shape index (κ1) is 18.6. The van der Waals surface area contributed by atoms with Gasteiger partial charge in [0.1, 0.15) is 5.92 Å². The van der Waals surface area contributed by atoms with Gasteiger partial charge >= 0.3 is 5.97 Å². The highest BCUT2D eigenvalue weighted by Crippen LogP contribution is 2.26. The average molecular weight is 358 g/mol. The summed E-state index contributed by atoms with van der Waals surface area (Å²) in [6.07, 6.45) is 0.916. The summed E-state index contributed by atoms with van der Waals surface area (Å²) < 4.78 is 5.40. The maximum Gasteiger partial charge on any atom is 0.318 e. The summed E-state index contributed by atoms with van der Waals surface area (Å²) >= 11 is 0. The van der Waals surface area contributed by atoms with Crippen molar-refractivity contribution in [1.82, 2.24) is 0 Å². The lowest BCUT2D eigenvalue weighted by Crippen LogP contribution is -2.21. The number of esters is 1. The van der Waals surface area contributed by atoms with Crippen molar-refractivity contribution in [3.8, 4) is 0 Å². The van der Waals surface area contributed by atoms with E-state index in [0.717, 1.165) is 23.1 Å². The van der Waals surface area contributed by atoms with Gasteiger partial charge in [0, 0.05) is 5.56 Å². The highest BCUT2D eigenvalue weighted by atomic mass is 16.5. The predicted octanol–water partition coefficient (Wildman–Crippen LogP) is 4.81. The standard InChI is InChI=1S/C24H22O3/c1-2-18-13-15-19(16-14-18)22(25)17-27-24(26)23(20-9-5-3-6-10-20)21-11-7-4-8-12-21/h3-16,23H,2,17H2,1H3. The molecule has 3 aromatic carbocycles. The Labute approximate surface area is 159 Å². The molecule has 136 valence electrons. The molecule has 3 rings (SSSR count). The number of carbonyl (C=O) groups is 2. The number of hydrogen-bond donors (Lipinski definition) is 0. The van der Waals surface area contributed by atoms with Gasteiger partial charge in [-0.3, -0.25) is 9.59 Å². The smallest absolute Gasteiger partial charge is 0.318 e. The Morgan fingerprint density at radius 3 is 1.78 bits per heavy atom. The molecule has 0 N–H and O–H groups in total. The fourth-order valence-electron chi connectivity index (χ4n) is 2.99. The van der Waals surface area contributed by atoms with E-state index in [-0.39, 0.29) is 12.4 Å². The Bertz CT molecular complexity index is 844. The third-order valence-corrected chi connectivity index (χ3v) is 4.53. The number of ether oxygens (including phenoxy) is 1. The van der Waals surface area contributed by atoms with Crippen molar-refractivity contribution in [3.63, 3.8) is 0 Å². The van der Waals surface area contributed by atoms with Crippen molar-refractivity contribution in [3.05, 3.63) is 107 Å². The van der Waals surface area contributed by atoms with Crippen molar-refractivity contribution in [1.29, 1.82) is 0 Å². The van der Waals surface area contributed by atoms with Crippen LogP contribution in [0.1, 0.15) is 39.9 Å². The van der Waals surface area contributed by atoms with Gasteiger partial charge in [-0.2, -0.15) is 0 Å². The van der Waals surface area contributed by atoms with Gasteiger partial charge in [-0.1, -0.05) is 91.9 Å². The normalized spacial score (nSPS) is 10.6. The first-order valence-corrected chi connectivity index (χ1v) is 9.07. The van der Waals surface area contributed by atoms with Crippen LogP contribution in [0, 0.1) is 0 Å². The van der Waals surface area contributed by atoms with Crippen molar-refractivity contribution in [2.75, 3.05) is 6.61 Å². The first-order valence-electron chi connectivity index (χ1n) is 9.07. The third-order valence-electron chi connectivity index (χ3n) is 4.53. The molecule has 0 heterocycles. The third kappa shape index (κ3) is 4.70. The van der Waals surface area contributed by atoms with Crippen LogP contribution in [0.2, 0.25) is 0 Å². The van der Waals surface area contributed by atoms with E-state index in [1.54, 1.807) is 12.1 Å². The Kier molecular flexibility index (Phi) is 6.16. The minimum atomic E-state index is -0.553. The first-order chi connectivity index (χ1) is 13.2. The summed E-state index contributed by atoms with van der Waals surface area (Å²) in [6.45, 7) is 1.80. The molecule has 0 radical (unpaired) electrons. The number of rotatable bonds is 7. The lowest BCUT2D eigenvalue weighted by atomic mass is 9.91. The number of hydrogen-bond acceptors (Lipinski definition) is 3. The summed E-state index contributed by atoms with van der Waals surface area (Å²) in [6, 6.07) is 26.3. The van der Waals surface area contributed by atoms with Crippen molar-refractivity contribution in [2.45, 2.75) is 19.3 Å². The van der Waals surface area contributed by atoms with Crippen LogP contribution >= 0.6 is 0 Å². The molecule has 0 aromatic heterocycles. The second-order valence-electron chi connectivity index (χ2n) is 6.34. The summed E-state index contributed by atoms with van der Waals surface area (Å²) in [7, 11) is 0. The van der Waals surface area contributed by atoms with Crippen molar-refractivity contribution in [2.24, 2.45) is 0 Å². The van der Waals surface area contributed by atoms with E-state index in [1.165, 1.54) is 0 Å². The van der Waals surface area contributed by atoms with Gasteiger partial charge in [0.2, 0.25) is 0 Å². The van der Waals surface area contributed by atoms with E-state index < -0.39 is 11.9 Å². The lowest BCUT2D eigenvalue weighted by molar-refractivity contribution is -0.143. The molecule has 0 amide bonds. The molecule has 0 aliphatic rings. The zero-order valence-corrected chi connectivity index (χ0v) is 15.3. The second-order valence-corrected chi connectivity index (χ2v) is 6.34. The molecule has 0 spiro atoms. The highest BCUT2D eigenvalue weighted by molar-refractivity contribution is 5.98. The topological polar surface area (TPSA) is 43.4 Å². The van der Waals surface area contributed by atoms with Crippen molar-refractivity contribution < 1.29 is 14.3 Å². The van der Waals surface area contributed by atoms with Gasteiger partial charge in [-0.15, -0.1) is 0 Å². The number of ketones is 1. The van der Waals surface area contributed by atoms with Gasteiger partial charge in [0.25, 0.3) is 0 Å². The zero-order chi connectivity index (χ0) is 19.1. The Morgan fingerprint density at radius 1 is 0.778 bits per heavy atom. The predicted molar refractivity (Wildman–Crippen MR) is 106 cm³/mol. The summed E-state index contributed by atoms with van der Waals surface area (Å²) in [4.78, 5) is 25.2. The molecule has 0 saturated heterocycles. The molecule has 0 fully saturated rings. The Hall–Kier alpha value is -3.20. The molecule has 0 aliphatic heterocycles. The summed E-state index contributed by atoms with van der Waals surface area (Å²) in [5, 5.41) is 0. The summed E-state index contributed by atoms with van der Waals surface area (Å²) in [5.41, 5.74) is 3.40. The molecule has 0 aliphatic carbocycles. The maximum absolute atomic E-state index is 12.8. The lowest BCUT2D eigenvalue weighted by Gasteiger charge is -2.17. The Balaban J connectivity index is 1.74. The SMILES string of the molecule is CCc1ccc(C(=O)COC(=O)C(c2ccccc2)c2ccccc2)cc1. The van der Waals surface area contributed by atoms with Crippen LogP contribution in [-0.2, 0) is 16.0 Å². The molecule has 0 atom stereocenters. The second kappa shape index (κ2) is 8.95. The van der Waals surface area contributed by atoms with Gasteiger partial charge in [-0.25, -0.2) is 0 Å². The van der Waals surface area contributed by atoms with E-state index >= 15 is 0 Å². The Morgan fingerprint density at radius 2 is 1.30 bits per heavy atom. The molecule has 3 heteroatoms. The molecule has 3 aromatic rings. The van der Waals surface area contributed by atoms with Crippen LogP contribution in [0.5, 0.6) is 0 Å². The quantitative estimate of drug-likeness (QED) is 0.450. The van der Waals surface area contributed by atoms with Gasteiger partial charge < -0.3 is 4.74 Å². The molecule has 0 unspecified atom stereocenters. The number of aryl methyl sites for hydroxylation is 1. The van der Waals surface area contributed by atoms with E-state index in [0.29, 0.717) is 5.56 Å². The highest BCUT2D eigenvalue weighted by Gasteiger charge is 2.24. The van der Waals surface area contributed by atoms with Crippen LogP contribution < -0.4 is 0 Å². The van der Waals surface area contributed by atoms with Crippen LogP contribution in [0.15, 0.2) is 84.9 Å². The maximum atomic E-state index is 12.8. The van der Waals surface area contributed by atoms with Gasteiger partial charge in [0.15, 0.2) is 12.4 Å². The fourth-order valence-corrected chi connectivity index (χ4v) is 2.99. The minimum Gasteiger partial charge on any atom is -0.457 e. The molecule has 0 bridgehead atoms. The molecule has 0 saturated carbocycles. The molecule has 27 heavy (non-hydrogen) atoms. The van der Waals surface area contributed by atoms with Crippen LogP contribution in [0.4, 0.5) is 0 Å². The molecule has 3 nitrogen and oxygen atoms in total. The zero-order valence-electron chi connectivity index (χ0n) is 15.3. The summed E-state index contributed by atoms with van der Waals surface area (Å²) in [5.74, 6) is -1.18. The van der Waals surface area contributed by atoms with Crippen molar-refractivity contribution >= 4 is 11.8 Å². The van der Waals surface area contributed by atoms with Gasteiger partial charge in [0.05, 0.1) is 0 Å². The molecular formula is C24H22O3. The fraction of sp³-hybridized carbons (Fsp3) is 0.167. The van der Waals surface area contributed by atoms with E-state index in [1.807, 2.05) is 72.8 Å². The number of benzene rings is 3. The number of Topliss-reactive ketones (excluding diaryl/α,β-unsaturated/α-hetero) is 1. The van der Waals surface area contributed by atoms with Crippen LogP contribution in [0.3, 0.4) is 0 Å². The van der Waals surface area contributed by atoms with E-state index in [2.05, 4.69) is 6.92 Å². The van der Waals surface area contributed by atoms with Gasteiger partial charge in [-0.05, 0) is 23.1 Å². The monoisotopic (exact) mass is 358 g/mol. The van der Waals surface area contributed by atoms with E-state index in [4.69, 9.17) is 4.74 Å².